The average Bonchev–Trinajstić information content (AvgIpc) is 3.33. The maximum atomic E-state index is 12.9. The number of carbonyl (C=O) groups excluding carboxylic acids is 1. The second-order valence-electron chi connectivity index (χ2n) is 13.7. The quantitative estimate of drug-likeness (QED) is 0.123. The van der Waals surface area contributed by atoms with Crippen LogP contribution in [-0.2, 0) is 4.74 Å². The summed E-state index contributed by atoms with van der Waals surface area (Å²) in [5, 5.41) is 22.5. The van der Waals surface area contributed by atoms with Gasteiger partial charge in [0.25, 0.3) is 11.4 Å². The zero-order valence-electron chi connectivity index (χ0n) is 26.2. The van der Waals surface area contributed by atoms with Crippen LogP contribution >= 0.6 is 0 Å². The fraction of sp³-hybridized carbons (Fsp3) is 0.571. The van der Waals surface area contributed by atoms with E-state index in [1.54, 1.807) is 0 Å². The summed E-state index contributed by atoms with van der Waals surface area (Å²) in [7, 11) is 0. The fourth-order valence-electron chi connectivity index (χ4n) is 7.11. The lowest BCUT2D eigenvalue weighted by molar-refractivity contribution is -0.394. The molecule has 0 aliphatic heterocycles. The minimum absolute atomic E-state index is 0.196. The van der Waals surface area contributed by atoms with E-state index in [4.69, 9.17) is 4.74 Å². The third kappa shape index (κ3) is 7.70. The first-order chi connectivity index (χ1) is 20.3. The summed E-state index contributed by atoms with van der Waals surface area (Å²) in [6.45, 7) is 15.9. The van der Waals surface area contributed by atoms with Gasteiger partial charge in [-0.1, -0.05) is 76.6 Å². The predicted octanol–water partition coefficient (Wildman–Crippen LogP) is 9.32. The van der Waals surface area contributed by atoms with Crippen LogP contribution in [0.15, 0.2) is 65.8 Å². The summed E-state index contributed by atoms with van der Waals surface area (Å²) in [4.78, 5) is 33.9. The van der Waals surface area contributed by atoms with E-state index in [2.05, 4.69) is 65.5 Å². The third-order valence-corrected chi connectivity index (χ3v) is 10.3. The Morgan fingerprint density at radius 3 is 2.35 bits per heavy atom. The van der Waals surface area contributed by atoms with Crippen molar-refractivity contribution in [2.24, 2.45) is 35.0 Å². The molecule has 0 amide bonds. The lowest BCUT2D eigenvalue weighted by Gasteiger charge is -2.38. The van der Waals surface area contributed by atoms with Gasteiger partial charge in [0.05, 0.1) is 21.5 Å². The number of allylic oxidation sites excluding steroid dienone is 6. The summed E-state index contributed by atoms with van der Waals surface area (Å²) in [5.41, 5.74) is 2.66. The Morgan fingerprint density at radius 2 is 1.72 bits per heavy atom. The van der Waals surface area contributed by atoms with Crippen LogP contribution in [0.2, 0.25) is 0 Å². The van der Waals surface area contributed by atoms with Crippen LogP contribution in [0.5, 0.6) is 0 Å². The van der Waals surface area contributed by atoms with Gasteiger partial charge >= 0.3 is 5.97 Å². The molecule has 0 N–H and O–H groups in total. The number of non-ortho nitro benzene ring substituents is 2. The molecule has 0 spiro atoms. The van der Waals surface area contributed by atoms with Gasteiger partial charge in [-0.3, -0.25) is 20.2 Å². The summed E-state index contributed by atoms with van der Waals surface area (Å²) in [6.07, 6.45) is 16.6. The normalized spacial score (nSPS) is 29.2. The minimum atomic E-state index is -0.798. The van der Waals surface area contributed by atoms with Crippen LogP contribution in [0, 0.1) is 55.2 Å². The molecule has 0 heterocycles. The molecule has 3 saturated carbocycles. The topological polar surface area (TPSA) is 113 Å². The summed E-state index contributed by atoms with van der Waals surface area (Å²) < 4.78 is 5.70. The molecule has 4 rings (SSSR count). The van der Waals surface area contributed by atoms with Crippen molar-refractivity contribution in [1.29, 1.82) is 0 Å². The number of carbonyl (C=O) groups is 1. The van der Waals surface area contributed by atoms with Gasteiger partial charge in [0, 0.05) is 18.6 Å². The molecule has 6 atom stereocenters. The highest BCUT2D eigenvalue weighted by Gasteiger charge is 2.47. The molecule has 3 aliphatic rings. The first-order valence-electron chi connectivity index (χ1n) is 15.7. The molecule has 43 heavy (non-hydrogen) atoms. The molecule has 1 aromatic carbocycles. The zero-order chi connectivity index (χ0) is 31.5. The molecule has 3 aliphatic carbocycles. The van der Waals surface area contributed by atoms with Crippen LogP contribution in [-0.4, -0.2) is 21.9 Å². The Labute approximate surface area is 255 Å². The summed E-state index contributed by atoms with van der Waals surface area (Å²) in [6, 6.07) is 2.88. The van der Waals surface area contributed by atoms with Crippen molar-refractivity contribution in [3.8, 4) is 0 Å². The van der Waals surface area contributed by atoms with Crippen LogP contribution in [0.25, 0.3) is 0 Å². The number of nitro groups is 2. The van der Waals surface area contributed by atoms with E-state index in [9.17, 15) is 25.0 Å². The summed E-state index contributed by atoms with van der Waals surface area (Å²) >= 11 is 0. The van der Waals surface area contributed by atoms with Gasteiger partial charge in [-0.25, -0.2) is 4.79 Å². The van der Waals surface area contributed by atoms with Crippen LogP contribution in [0.4, 0.5) is 11.4 Å². The lowest BCUT2D eigenvalue weighted by atomic mass is 9.67. The number of benzene rings is 1. The highest BCUT2D eigenvalue weighted by Crippen LogP contribution is 2.58. The first kappa shape index (κ1) is 32.4. The van der Waals surface area contributed by atoms with Gasteiger partial charge in [-0.15, -0.1) is 0 Å². The average molecular weight is 591 g/mol. The van der Waals surface area contributed by atoms with E-state index >= 15 is 0 Å². The van der Waals surface area contributed by atoms with Gasteiger partial charge in [0.2, 0.25) is 0 Å². The van der Waals surface area contributed by atoms with Gasteiger partial charge < -0.3 is 4.74 Å². The Bertz CT molecular complexity index is 1330. The molecule has 0 bridgehead atoms. The molecule has 8 nitrogen and oxygen atoms in total. The number of nitro benzene ring substituents is 2. The molecule has 0 unspecified atom stereocenters. The van der Waals surface area contributed by atoms with Crippen molar-refractivity contribution in [2.75, 3.05) is 0 Å². The van der Waals surface area contributed by atoms with E-state index in [-0.39, 0.29) is 5.56 Å². The summed E-state index contributed by atoms with van der Waals surface area (Å²) in [5.74, 6) is 2.24. The number of fused-ring (bicyclic) bond motifs is 1. The molecule has 0 aromatic heterocycles. The Kier molecular flexibility index (Phi) is 10.1. The second kappa shape index (κ2) is 13.4. The largest absolute Gasteiger partial charge is 0.458 e. The molecular formula is C35H46N2O6. The van der Waals surface area contributed by atoms with Crippen molar-refractivity contribution in [3.05, 3.63) is 91.6 Å². The maximum absolute atomic E-state index is 12.9. The van der Waals surface area contributed by atoms with E-state index in [1.807, 2.05) is 0 Å². The van der Waals surface area contributed by atoms with Gasteiger partial charge in [0.15, 0.2) is 0 Å². The lowest BCUT2D eigenvalue weighted by Crippen LogP contribution is -2.27. The van der Waals surface area contributed by atoms with Crippen LogP contribution in [0.1, 0.15) is 96.3 Å². The van der Waals surface area contributed by atoms with Crippen LogP contribution < -0.4 is 0 Å². The Morgan fingerprint density at radius 1 is 1.05 bits per heavy atom. The number of ether oxygens (including phenoxy) is 1. The van der Waals surface area contributed by atoms with Gasteiger partial charge in [-0.2, -0.15) is 0 Å². The number of esters is 1. The number of rotatable bonds is 9. The van der Waals surface area contributed by atoms with Gasteiger partial charge in [-0.05, 0) is 85.5 Å². The molecule has 1 aromatic rings. The molecular weight excluding hydrogens is 544 g/mol. The maximum Gasteiger partial charge on any atom is 0.338 e. The standard InChI is InChI=1S/C35H46N2O6/c1-22(2)23(3)9-10-25(5)29-19-33-26(8-7-15-35(33,6)21-29)12-13-27-18-32(14-11-24(27)4)43-34(38)28-16-30(36(39)40)20-31(17-28)37(41)42/h9-10,12-13,16-17,20,22-23,25,29,32-33H,4,7-8,11,14-15,18-19,21H2,1-3,5-6H3/b10-9+,26-12-,27-13-/t23-,25-,29-,32+,33-,35-/m1/s1. The second-order valence-corrected chi connectivity index (χ2v) is 13.7. The fourth-order valence-corrected chi connectivity index (χ4v) is 7.11. The Hall–Kier alpha value is -3.55. The van der Waals surface area contributed by atoms with Crippen LogP contribution in [0.3, 0.4) is 0 Å². The highest BCUT2D eigenvalue weighted by molar-refractivity contribution is 5.91. The smallest absolute Gasteiger partial charge is 0.338 e. The SMILES string of the molecule is C=C1CC[C@H](OC(=O)c2cc([N+](=O)[O-])cc([N+](=O)[O-])c2)C/C1=C/C=C1/CCC[C@]2(C)C[C@H]([C@H](C)/C=C/[C@@H](C)C(C)C)C[C@H]12. The van der Waals surface area contributed by atoms with E-state index in [0.717, 1.165) is 35.8 Å². The van der Waals surface area contributed by atoms with Crippen molar-refractivity contribution in [1.82, 2.24) is 0 Å². The van der Waals surface area contributed by atoms with Crippen molar-refractivity contribution in [2.45, 2.75) is 92.1 Å². The Balaban J connectivity index is 1.46. The third-order valence-electron chi connectivity index (χ3n) is 10.3. The van der Waals surface area contributed by atoms with Crippen molar-refractivity contribution >= 4 is 17.3 Å². The highest BCUT2D eigenvalue weighted by atomic mass is 16.6. The van der Waals surface area contributed by atoms with E-state index < -0.39 is 33.3 Å². The monoisotopic (exact) mass is 590 g/mol. The molecule has 0 saturated heterocycles. The number of hydrogen-bond donors (Lipinski definition) is 0. The molecule has 232 valence electrons. The van der Waals surface area contributed by atoms with Crippen molar-refractivity contribution < 1.29 is 19.4 Å². The minimum Gasteiger partial charge on any atom is -0.458 e. The number of hydrogen-bond acceptors (Lipinski definition) is 6. The van der Waals surface area contributed by atoms with Crippen molar-refractivity contribution in [3.63, 3.8) is 0 Å². The predicted molar refractivity (Wildman–Crippen MR) is 169 cm³/mol. The number of nitrogens with zero attached hydrogens (tertiary/aromatic N) is 2. The van der Waals surface area contributed by atoms with E-state index in [1.165, 1.54) is 31.3 Å². The zero-order valence-corrected chi connectivity index (χ0v) is 26.2. The first-order valence-corrected chi connectivity index (χ1v) is 15.7. The molecule has 8 heteroatoms. The molecule has 0 radical (unpaired) electrons. The van der Waals surface area contributed by atoms with E-state index in [0.29, 0.717) is 54.3 Å². The van der Waals surface area contributed by atoms with Gasteiger partial charge in [0.1, 0.15) is 6.10 Å². The molecule has 3 fully saturated rings.